The summed E-state index contributed by atoms with van der Waals surface area (Å²) in [6.07, 6.45) is 5.97. The van der Waals surface area contributed by atoms with Gasteiger partial charge in [0.15, 0.2) is 0 Å². The zero-order valence-electron chi connectivity index (χ0n) is 24.2. The zero-order valence-corrected chi connectivity index (χ0v) is 25.1. The van der Waals surface area contributed by atoms with E-state index in [9.17, 15) is 36.4 Å². The third-order valence-corrected chi connectivity index (χ3v) is 12.0. The molecular weight excluding hydrogens is 559 g/mol. The molecule has 4 rings (SSSR count). The molecule has 41 heavy (non-hydrogen) atoms. The van der Waals surface area contributed by atoms with Gasteiger partial charge in [-0.05, 0) is 104 Å². The number of aromatic hydroxyl groups is 1. The van der Waals surface area contributed by atoms with Crippen molar-refractivity contribution in [1.29, 1.82) is 0 Å². The van der Waals surface area contributed by atoms with Gasteiger partial charge in [-0.1, -0.05) is 51.5 Å². The first-order valence-electron chi connectivity index (χ1n) is 15.6. The number of halogens is 5. The lowest BCUT2D eigenvalue weighted by atomic mass is 9.52. The Balaban J connectivity index is 1.15. The number of hydrogen-bond acceptors (Lipinski definition) is 3. The smallest absolute Gasteiger partial charge is 0.453 e. The van der Waals surface area contributed by atoms with E-state index in [0.29, 0.717) is 41.6 Å². The summed E-state index contributed by atoms with van der Waals surface area (Å²) >= 11 is 0. The monoisotopic (exact) mass is 606 g/mol. The maximum absolute atomic E-state index is 13.0. The van der Waals surface area contributed by atoms with Crippen molar-refractivity contribution in [1.82, 2.24) is 0 Å². The van der Waals surface area contributed by atoms with E-state index in [-0.39, 0.29) is 17.3 Å². The number of rotatable bonds is 14. The van der Waals surface area contributed by atoms with E-state index in [1.807, 2.05) is 12.1 Å². The minimum absolute atomic E-state index is 0.0195. The molecule has 0 spiro atoms. The van der Waals surface area contributed by atoms with E-state index in [0.717, 1.165) is 77.0 Å². The molecule has 9 heteroatoms. The van der Waals surface area contributed by atoms with E-state index < -0.39 is 35.7 Å². The van der Waals surface area contributed by atoms with E-state index in [4.69, 9.17) is 0 Å². The van der Waals surface area contributed by atoms with Gasteiger partial charge in [0.25, 0.3) is 0 Å². The van der Waals surface area contributed by atoms with Crippen molar-refractivity contribution < 1.29 is 36.4 Å². The average Bonchev–Trinajstić information content (AvgIpc) is 3.20. The summed E-state index contributed by atoms with van der Waals surface area (Å²) in [5.41, 5.74) is 2.73. The van der Waals surface area contributed by atoms with Gasteiger partial charge in [-0.3, -0.25) is 4.21 Å². The summed E-state index contributed by atoms with van der Waals surface area (Å²) in [7, 11) is -1.35. The second-order valence-electron chi connectivity index (χ2n) is 13.2. The molecule has 234 valence electrons. The Bertz CT molecular complexity index is 1030. The van der Waals surface area contributed by atoms with Crippen molar-refractivity contribution >= 4 is 10.8 Å². The molecule has 3 unspecified atom stereocenters. The molecule has 3 aliphatic carbocycles. The zero-order chi connectivity index (χ0) is 29.8. The topological polar surface area (TPSA) is 57.5 Å². The molecule has 0 radical (unpaired) electrons. The maximum Gasteiger partial charge on any atom is 0.453 e. The van der Waals surface area contributed by atoms with Gasteiger partial charge in [-0.25, -0.2) is 0 Å². The molecule has 2 fully saturated rings. The lowest BCUT2D eigenvalue weighted by Gasteiger charge is -2.53. The lowest BCUT2D eigenvalue weighted by Crippen LogP contribution is -2.47. The van der Waals surface area contributed by atoms with Crippen LogP contribution in [0, 0.1) is 23.2 Å². The molecule has 0 amide bonds. The van der Waals surface area contributed by atoms with Crippen LogP contribution in [-0.4, -0.2) is 44.1 Å². The quantitative estimate of drug-likeness (QED) is 0.165. The number of phenols is 1. The standard InChI is InChI=1S/C32H47F5O3S/c1-30-17-15-26-25-12-11-24(38)21-23(25)20-22(29(26)27(30)13-14-28(30)39)10-7-5-3-2-4-6-8-18-41(40)19-9-16-31(33,34)32(35,36)37/h11-12,21-22,26-29,38-39H,2-10,13-20H2,1H3/t22?,26-,27-,28?,29+,30+,41?/m0/s1. The molecular formula is C32H47F5O3S. The van der Waals surface area contributed by atoms with Crippen LogP contribution in [-0.2, 0) is 17.2 Å². The van der Waals surface area contributed by atoms with Gasteiger partial charge in [0.05, 0.1) is 6.10 Å². The predicted molar refractivity (Wildman–Crippen MR) is 153 cm³/mol. The number of unbranched alkanes of at least 4 members (excludes halogenated alkanes) is 6. The van der Waals surface area contributed by atoms with Crippen LogP contribution in [0.15, 0.2) is 18.2 Å². The van der Waals surface area contributed by atoms with Gasteiger partial charge in [-0.2, -0.15) is 22.0 Å². The van der Waals surface area contributed by atoms with E-state index in [2.05, 4.69) is 13.0 Å². The highest BCUT2D eigenvalue weighted by molar-refractivity contribution is 7.84. The van der Waals surface area contributed by atoms with E-state index in [1.165, 1.54) is 11.1 Å². The second kappa shape index (κ2) is 13.6. The first-order valence-corrected chi connectivity index (χ1v) is 17.1. The van der Waals surface area contributed by atoms with Gasteiger partial charge in [0.1, 0.15) is 5.75 Å². The molecule has 3 aliphatic rings. The predicted octanol–water partition coefficient (Wildman–Crippen LogP) is 8.68. The number of alkyl halides is 5. The summed E-state index contributed by atoms with van der Waals surface area (Å²) in [6, 6.07) is 5.92. The molecule has 2 saturated carbocycles. The van der Waals surface area contributed by atoms with Crippen LogP contribution < -0.4 is 0 Å². The van der Waals surface area contributed by atoms with Crippen LogP contribution in [0.4, 0.5) is 22.0 Å². The Morgan fingerprint density at radius 1 is 0.927 bits per heavy atom. The van der Waals surface area contributed by atoms with Gasteiger partial charge >= 0.3 is 12.1 Å². The van der Waals surface area contributed by atoms with Crippen LogP contribution in [0.25, 0.3) is 0 Å². The molecule has 3 nitrogen and oxygen atoms in total. The molecule has 2 N–H and O–H groups in total. The van der Waals surface area contributed by atoms with Crippen molar-refractivity contribution in [3.05, 3.63) is 29.3 Å². The van der Waals surface area contributed by atoms with Crippen molar-refractivity contribution in [2.24, 2.45) is 23.2 Å². The normalized spacial score (nSPS) is 30.5. The highest BCUT2D eigenvalue weighted by Crippen LogP contribution is 2.62. The van der Waals surface area contributed by atoms with E-state index in [1.54, 1.807) is 0 Å². The molecule has 7 atom stereocenters. The Kier molecular flexibility index (Phi) is 10.8. The molecule has 0 aliphatic heterocycles. The highest BCUT2D eigenvalue weighted by atomic mass is 32.2. The van der Waals surface area contributed by atoms with Crippen molar-refractivity contribution in [2.75, 3.05) is 11.5 Å². The van der Waals surface area contributed by atoms with Gasteiger partial charge in [0.2, 0.25) is 0 Å². The highest BCUT2D eigenvalue weighted by Gasteiger charge is 2.57. The number of benzene rings is 1. The van der Waals surface area contributed by atoms with Crippen LogP contribution in [0.5, 0.6) is 5.75 Å². The molecule has 0 aromatic heterocycles. The fourth-order valence-electron chi connectivity index (χ4n) is 8.28. The first-order chi connectivity index (χ1) is 19.3. The summed E-state index contributed by atoms with van der Waals surface area (Å²) in [4.78, 5) is 0. The van der Waals surface area contributed by atoms with Crippen LogP contribution in [0.1, 0.15) is 114 Å². The Hall–Kier alpha value is -1.22. The number of phenolic OH excluding ortho intramolecular Hbond substituents is 1. The van der Waals surface area contributed by atoms with Crippen molar-refractivity contribution in [3.8, 4) is 5.75 Å². The second-order valence-corrected chi connectivity index (χ2v) is 14.9. The SMILES string of the molecule is C[C@@]12CC[C@H]3c4ccc(O)cc4CC(CCCCCCCCCS(=O)CCCC(F)(F)C(F)(F)F)[C@H]3[C@@H]1CCC2O. The van der Waals surface area contributed by atoms with Crippen molar-refractivity contribution in [3.63, 3.8) is 0 Å². The van der Waals surface area contributed by atoms with E-state index >= 15 is 0 Å². The summed E-state index contributed by atoms with van der Waals surface area (Å²) in [5.74, 6) is -1.91. The Morgan fingerprint density at radius 2 is 1.59 bits per heavy atom. The van der Waals surface area contributed by atoms with Gasteiger partial charge in [-0.15, -0.1) is 0 Å². The van der Waals surface area contributed by atoms with Crippen LogP contribution in [0.2, 0.25) is 0 Å². The fraction of sp³-hybridized carbons (Fsp3) is 0.812. The van der Waals surface area contributed by atoms with Gasteiger partial charge < -0.3 is 10.2 Å². The largest absolute Gasteiger partial charge is 0.508 e. The number of aliphatic hydroxyl groups excluding tert-OH is 1. The third kappa shape index (κ3) is 7.66. The first kappa shape index (κ1) is 32.7. The maximum atomic E-state index is 13.0. The average molecular weight is 607 g/mol. The van der Waals surface area contributed by atoms with Crippen LogP contribution in [0.3, 0.4) is 0 Å². The lowest BCUT2D eigenvalue weighted by molar-refractivity contribution is -0.284. The molecule has 1 aromatic rings. The molecule has 0 saturated heterocycles. The number of hydrogen-bond donors (Lipinski definition) is 2. The Morgan fingerprint density at radius 3 is 2.29 bits per heavy atom. The van der Waals surface area contributed by atoms with Gasteiger partial charge in [0, 0.05) is 28.7 Å². The minimum Gasteiger partial charge on any atom is -0.508 e. The number of aliphatic hydroxyl groups is 1. The summed E-state index contributed by atoms with van der Waals surface area (Å²) in [6.45, 7) is 2.30. The third-order valence-electron chi connectivity index (χ3n) is 10.6. The molecule has 0 heterocycles. The fourth-order valence-corrected chi connectivity index (χ4v) is 9.48. The minimum atomic E-state index is -5.54. The summed E-state index contributed by atoms with van der Waals surface area (Å²) in [5, 5.41) is 21.0. The Labute approximate surface area is 244 Å². The van der Waals surface area contributed by atoms with Crippen LogP contribution >= 0.6 is 0 Å². The molecule has 1 aromatic carbocycles. The van der Waals surface area contributed by atoms with Crippen molar-refractivity contribution in [2.45, 2.75) is 127 Å². The summed E-state index contributed by atoms with van der Waals surface area (Å²) < 4.78 is 74.5. The number of fused-ring (bicyclic) bond motifs is 5. The molecule has 0 bridgehead atoms.